The first kappa shape index (κ1) is 25.2. The summed E-state index contributed by atoms with van der Waals surface area (Å²) in [5, 5.41) is 3.18. The number of morpholine rings is 1. The van der Waals surface area contributed by atoms with Crippen LogP contribution in [0.2, 0.25) is 5.02 Å². The summed E-state index contributed by atoms with van der Waals surface area (Å²) in [5.74, 6) is 0.576. The van der Waals surface area contributed by atoms with Crippen LogP contribution in [-0.2, 0) is 9.53 Å². The van der Waals surface area contributed by atoms with Crippen LogP contribution in [0.25, 0.3) is 17.2 Å². The minimum absolute atomic E-state index is 0.100. The largest absolute Gasteiger partial charge is 0.490 e. The molecule has 0 radical (unpaired) electrons. The van der Waals surface area contributed by atoms with E-state index in [1.54, 1.807) is 53.7 Å². The van der Waals surface area contributed by atoms with Crippen molar-refractivity contribution in [2.45, 2.75) is 0 Å². The van der Waals surface area contributed by atoms with Crippen molar-refractivity contribution >= 4 is 35.3 Å². The van der Waals surface area contributed by atoms with Gasteiger partial charge in [-0.05, 0) is 47.5 Å². The molecule has 1 aromatic carbocycles. The lowest BCUT2D eigenvalue weighted by molar-refractivity contribution is -0.116. The molecule has 9 nitrogen and oxygen atoms in total. The lowest BCUT2D eigenvalue weighted by atomic mass is 10.1. The van der Waals surface area contributed by atoms with Gasteiger partial charge in [0.05, 0.1) is 24.8 Å². The first-order chi connectivity index (χ1) is 17.5. The van der Waals surface area contributed by atoms with Crippen LogP contribution >= 0.6 is 11.6 Å². The highest BCUT2D eigenvalue weighted by Crippen LogP contribution is 2.30. The summed E-state index contributed by atoms with van der Waals surface area (Å²) in [6.07, 6.45) is 6.31. The number of carbonyl (C=O) groups excluding carboxylic acids is 2. The third-order valence-electron chi connectivity index (χ3n) is 5.44. The van der Waals surface area contributed by atoms with Crippen LogP contribution in [0, 0.1) is 0 Å². The first-order valence-electron chi connectivity index (χ1n) is 11.4. The van der Waals surface area contributed by atoms with E-state index < -0.39 is 0 Å². The Morgan fingerprint density at radius 1 is 1.08 bits per heavy atom. The number of amides is 2. The Morgan fingerprint density at radius 3 is 2.58 bits per heavy atom. The molecule has 4 rings (SSSR count). The van der Waals surface area contributed by atoms with Crippen molar-refractivity contribution in [1.29, 1.82) is 0 Å². The van der Waals surface area contributed by atoms with Gasteiger partial charge in [0, 0.05) is 37.1 Å². The van der Waals surface area contributed by atoms with E-state index in [0.717, 1.165) is 16.7 Å². The van der Waals surface area contributed by atoms with E-state index >= 15 is 0 Å². The van der Waals surface area contributed by atoms with E-state index in [1.165, 1.54) is 6.08 Å². The number of ether oxygens (including phenoxy) is 2. The molecule has 10 heteroatoms. The van der Waals surface area contributed by atoms with Gasteiger partial charge in [-0.25, -0.2) is 4.98 Å². The predicted molar refractivity (Wildman–Crippen MR) is 138 cm³/mol. The molecule has 0 atom stereocenters. The fourth-order valence-corrected chi connectivity index (χ4v) is 3.73. The second-order valence-corrected chi connectivity index (χ2v) is 8.38. The standard InChI is InChI=1S/C26H26ClN5O4/c27-21-15-19(20-3-5-22(30-17-20)26(34)32-10-13-35-14-11-32)4-6-23(21)36-12-9-29-25(33)8-2-18-1-7-24(28)31-16-18/h1-8,15-17H,9-14H2,(H2,28,31)(H,29,33)/b8-2+. The summed E-state index contributed by atoms with van der Waals surface area (Å²) >= 11 is 6.40. The van der Waals surface area contributed by atoms with Crippen LogP contribution in [0.15, 0.2) is 60.9 Å². The zero-order valence-corrected chi connectivity index (χ0v) is 20.3. The van der Waals surface area contributed by atoms with Gasteiger partial charge in [-0.2, -0.15) is 0 Å². The van der Waals surface area contributed by atoms with Crippen molar-refractivity contribution in [1.82, 2.24) is 20.2 Å². The number of hydrogen-bond donors (Lipinski definition) is 2. The SMILES string of the molecule is Nc1ccc(/C=C/C(=O)NCCOc2ccc(-c3ccc(C(=O)N4CCOCC4)nc3)cc2Cl)cn1. The molecule has 3 aromatic rings. The van der Waals surface area contributed by atoms with E-state index in [0.29, 0.717) is 55.1 Å². The number of nitrogens with one attached hydrogen (secondary N) is 1. The van der Waals surface area contributed by atoms with Crippen LogP contribution in [0.4, 0.5) is 5.82 Å². The van der Waals surface area contributed by atoms with Crippen LogP contribution in [0.1, 0.15) is 16.1 Å². The van der Waals surface area contributed by atoms with Gasteiger partial charge in [-0.15, -0.1) is 0 Å². The van der Waals surface area contributed by atoms with Gasteiger partial charge in [0.25, 0.3) is 5.91 Å². The summed E-state index contributed by atoms with van der Waals surface area (Å²) < 4.78 is 11.0. The molecule has 0 aliphatic carbocycles. The van der Waals surface area contributed by atoms with Gasteiger partial charge < -0.3 is 25.4 Å². The Labute approximate surface area is 213 Å². The number of anilines is 1. The van der Waals surface area contributed by atoms with Crippen LogP contribution < -0.4 is 15.8 Å². The van der Waals surface area contributed by atoms with Crippen molar-refractivity contribution in [2.24, 2.45) is 0 Å². The number of nitrogens with two attached hydrogens (primary N) is 1. The van der Waals surface area contributed by atoms with Crippen molar-refractivity contribution in [2.75, 3.05) is 45.2 Å². The fraction of sp³-hybridized carbons (Fsp3) is 0.231. The lowest BCUT2D eigenvalue weighted by Gasteiger charge is -2.26. The molecule has 0 unspecified atom stereocenters. The lowest BCUT2D eigenvalue weighted by Crippen LogP contribution is -2.41. The van der Waals surface area contributed by atoms with Crippen molar-refractivity contribution in [3.63, 3.8) is 0 Å². The molecule has 2 amide bonds. The molecule has 2 aromatic heterocycles. The van der Waals surface area contributed by atoms with Crippen LogP contribution in [-0.4, -0.2) is 66.1 Å². The third-order valence-corrected chi connectivity index (χ3v) is 5.74. The second-order valence-electron chi connectivity index (χ2n) is 7.97. The van der Waals surface area contributed by atoms with Gasteiger partial charge in [-0.1, -0.05) is 23.7 Å². The van der Waals surface area contributed by atoms with Gasteiger partial charge in [0.2, 0.25) is 5.91 Å². The Balaban J connectivity index is 1.26. The minimum Gasteiger partial charge on any atom is -0.490 e. The highest BCUT2D eigenvalue weighted by Gasteiger charge is 2.19. The van der Waals surface area contributed by atoms with Crippen molar-refractivity contribution in [3.8, 4) is 16.9 Å². The van der Waals surface area contributed by atoms with E-state index in [4.69, 9.17) is 26.8 Å². The summed E-state index contributed by atoms with van der Waals surface area (Å²) in [4.78, 5) is 34.6. The molecule has 1 saturated heterocycles. The number of aromatic nitrogens is 2. The van der Waals surface area contributed by atoms with Gasteiger partial charge in [-0.3, -0.25) is 14.6 Å². The summed E-state index contributed by atoms with van der Waals surface area (Å²) in [6, 6.07) is 12.4. The minimum atomic E-state index is -0.250. The number of nitrogen functional groups attached to an aromatic ring is 1. The molecule has 186 valence electrons. The number of rotatable bonds is 8. The van der Waals surface area contributed by atoms with E-state index in [-0.39, 0.29) is 18.4 Å². The highest BCUT2D eigenvalue weighted by atomic mass is 35.5. The zero-order valence-electron chi connectivity index (χ0n) is 19.5. The summed E-state index contributed by atoms with van der Waals surface area (Å²) in [5.41, 5.74) is 8.39. The third kappa shape index (κ3) is 6.80. The maximum Gasteiger partial charge on any atom is 0.272 e. The highest BCUT2D eigenvalue weighted by molar-refractivity contribution is 6.32. The number of halogens is 1. The molecule has 0 spiro atoms. The molecule has 36 heavy (non-hydrogen) atoms. The molecular weight excluding hydrogens is 482 g/mol. The Hall–Kier alpha value is -3.95. The van der Waals surface area contributed by atoms with E-state index in [9.17, 15) is 9.59 Å². The smallest absolute Gasteiger partial charge is 0.272 e. The fourth-order valence-electron chi connectivity index (χ4n) is 3.50. The Morgan fingerprint density at radius 2 is 1.89 bits per heavy atom. The zero-order chi connectivity index (χ0) is 25.3. The number of hydrogen-bond acceptors (Lipinski definition) is 7. The second kappa shape index (κ2) is 12.1. The molecule has 0 bridgehead atoms. The quantitative estimate of drug-likeness (QED) is 0.355. The monoisotopic (exact) mass is 507 g/mol. The molecule has 1 fully saturated rings. The Kier molecular flexibility index (Phi) is 8.48. The maximum atomic E-state index is 12.6. The molecule has 1 aliphatic rings. The van der Waals surface area contributed by atoms with Gasteiger partial charge in [0.1, 0.15) is 23.9 Å². The normalized spacial score (nSPS) is 13.5. The predicted octanol–water partition coefficient (Wildman–Crippen LogP) is 3.06. The van der Waals surface area contributed by atoms with Gasteiger partial charge in [0.15, 0.2) is 0 Å². The number of carbonyl (C=O) groups is 2. The molecule has 3 N–H and O–H groups in total. The average molecular weight is 508 g/mol. The topological polar surface area (TPSA) is 120 Å². The first-order valence-corrected chi connectivity index (χ1v) is 11.8. The van der Waals surface area contributed by atoms with E-state index in [1.807, 2.05) is 12.1 Å². The van der Waals surface area contributed by atoms with Crippen molar-refractivity contribution < 1.29 is 19.1 Å². The summed E-state index contributed by atoms with van der Waals surface area (Å²) in [6.45, 7) is 2.79. The maximum absolute atomic E-state index is 12.6. The van der Waals surface area contributed by atoms with Crippen LogP contribution in [0.5, 0.6) is 5.75 Å². The molecule has 3 heterocycles. The number of benzene rings is 1. The molecular formula is C26H26ClN5O4. The average Bonchev–Trinajstić information content (AvgIpc) is 2.91. The van der Waals surface area contributed by atoms with E-state index in [2.05, 4.69) is 15.3 Å². The summed E-state index contributed by atoms with van der Waals surface area (Å²) in [7, 11) is 0. The van der Waals surface area contributed by atoms with Crippen LogP contribution in [0.3, 0.4) is 0 Å². The molecule has 0 saturated carbocycles. The number of nitrogens with zero attached hydrogens (tertiary/aromatic N) is 3. The molecule has 1 aliphatic heterocycles. The Bertz CT molecular complexity index is 1230. The number of pyridine rings is 2. The van der Waals surface area contributed by atoms with Gasteiger partial charge >= 0.3 is 0 Å². The van der Waals surface area contributed by atoms with Crippen molar-refractivity contribution in [3.05, 3.63) is 77.2 Å².